The molecule has 0 aliphatic heterocycles. The molecule has 1 heterocycles. The summed E-state index contributed by atoms with van der Waals surface area (Å²) in [6, 6.07) is 12.5. The van der Waals surface area contributed by atoms with Gasteiger partial charge in [-0.1, -0.05) is 24.3 Å². The molecule has 0 aliphatic carbocycles. The Hall–Kier alpha value is -2.27. The van der Waals surface area contributed by atoms with Gasteiger partial charge in [-0.2, -0.15) is 0 Å². The summed E-state index contributed by atoms with van der Waals surface area (Å²) in [6.07, 6.45) is 1.71. The van der Waals surface area contributed by atoms with E-state index in [9.17, 15) is 0 Å². The van der Waals surface area contributed by atoms with E-state index in [0.29, 0.717) is 6.54 Å². The van der Waals surface area contributed by atoms with Crippen LogP contribution < -0.4 is 5.32 Å². The summed E-state index contributed by atoms with van der Waals surface area (Å²) in [5, 5.41) is 3.39. The molecular formula is C20H30N4O. The topological polar surface area (TPSA) is 44.0 Å². The first-order valence-electron chi connectivity index (χ1n) is 8.76. The van der Waals surface area contributed by atoms with Crippen molar-refractivity contribution < 1.29 is 4.42 Å². The molecule has 1 N–H and O–H groups in total. The molecule has 5 nitrogen and oxygen atoms in total. The van der Waals surface area contributed by atoms with Crippen LogP contribution in [0, 0.1) is 6.92 Å². The molecule has 0 radical (unpaired) electrons. The second-order valence-corrected chi connectivity index (χ2v) is 6.47. The van der Waals surface area contributed by atoms with Crippen molar-refractivity contribution in [1.82, 2.24) is 15.1 Å². The predicted molar refractivity (Wildman–Crippen MR) is 104 cm³/mol. The van der Waals surface area contributed by atoms with Crippen LogP contribution in [0.5, 0.6) is 0 Å². The second-order valence-electron chi connectivity index (χ2n) is 6.47. The van der Waals surface area contributed by atoms with E-state index in [1.807, 2.05) is 26.2 Å². The Morgan fingerprint density at radius 2 is 1.92 bits per heavy atom. The van der Waals surface area contributed by atoms with E-state index in [1.165, 1.54) is 11.1 Å². The zero-order valence-electron chi connectivity index (χ0n) is 16.0. The average Bonchev–Trinajstić information content (AvgIpc) is 3.10. The molecule has 0 saturated heterocycles. The normalized spacial score (nSPS) is 13.1. The number of nitrogens with zero attached hydrogens (tertiary/aromatic N) is 3. The molecule has 0 saturated carbocycles. The highest BCUT2D eigenvalue weighted by molar-refractivity contribution is 5.79. The maximum Gasteiger partial charge on any atom is 0.194 e. The third kappa shape index (κ3) is 5.36. The highest BCUT2D eigenvalue weighted by atomic mass is 16.3. The van der Waals surface area contributed by atoms with Gasteiger partial charge in [-0.25, -0.2) is 0 Å². The lowest BCUT2D eigenvalue weighted by Crippen LogP contribution is -2.39. The van der Waals surface area contributed by atoms with Crippen molar-refractivity contribution in [3.63, 3.8) is 0 Å². The van der Waals surface area contributed by atoms with Crippen molar-refractivity contribution in [3.05, 3.63) is 59.5 Å². The Kier molecular flexibility index (Phi) is 7.07. The van der Waals surface area contributed by atoms with E-state index in [-0.39, 0.29) is 6.04 Å². The molecule has 0 aliphatic rings. The number of aryl methyl sites for hydroxylation is 1. The molecule has 1 unspecified atom stereocenters. The molecule has 5 heteroatoms. The van der Waals surface area contributed by atoms with E-state index < -0.39 is 0 Å². The monoisotopic (exact) mass is 342 g/mol. The smallest absolute Gasteiger partial charge is 0.194 e. The van der Waals surface area contributed by atoms with E-state index in [4.69, 9.17) is 9.41 Å². The first kappa shape index (κ1) is 19.1. The van der Waals surface area contributed by atoms with Gasteiger partial charge in [-0.3, -0.25) is 9.89 Å². The number of guanidine groups is 1. The van der Waals surface area contributed by atoms with Crippen LogP contribution in [-0.4, -0.2) is 50.0 Å². The van der Waals surface area contributed by atoms with E-state index in [1.54, 1.807) is 6.26 Å². The SMILES string of the molecule is CCNC(=NCC(c1ccco1)N(C)C)N(C)Cc1ccccc1C. The first-order valence-corrected chi connectivity index (χ1v) is 8.76. The highest BCUT2D eigenvalue weighted by Gasteiger charge is 2.17. The van der Waals surface area contributed by atoms with Crippen molar-refractivity contribution in [3.8, 4) is 0 Å². The fraction of sp³-hybridized carbons (Fsp3) is 0.450. The lowest BCUT2D eigenvalue weighted by atomic mass is 10.1. The number of hydrogen-bond acceptors (Lipinski definition) is 3. The van der Waals surface area contributed by atoms with Gasteiger partial charge in [0.2, 0.25) is 0 Å². The average molecular weight is 342 g/mol. The van der Waals surface area contributed by atoms with Crippen molar-refractivity contribution >= 4 is 5.96 Å². The molecule has 0 spiro atoms. The van der Waals surface area contributed by atoms with Crippen LogP contribution in [0.25, 0.3) is 0 Å². The quantitative estimate of drug-likeness (QED) is 0.619. The fourth-order valence-electron chi connectivity index (χ4n) is 2.75. The van der Waals surface area contributed by atoms with Crippen LogP contribution in [0.2, 0.25) is 0 Å². The third-order valence-electron chi connectivity index (χ3n) is 4.27. The van der Waals surface area contributed by atoms with Gasteiger partial charge in [0.25, 0.3) is 0 Å². The number of aliphatic imine (C=N–C) groups is 1. The summed E-state index contributed by atoms with van der Waals surface area (Å²) in [5.41, 5.74) is 2.61. The van der Waals surface area contributed by atoms with Gasteiger partial charge in [-0.15, -0.1) is 0 Å². The van der Waals surface area contributed by atoms with Crippen molar-refractivity contribution in [2.45, 2.75) is 26.4 Å². The van der Waals surface area contributed by atoms with Crippen molar-refractivity contribution in [2.75, 3.05) is 34.2 Å². The Balaban J connectivity index is 2.12. The minimum atomic E-state index is 0.121. The van der Waals surface area contributed by atoms with Gasteiger partial charge in [0.15, 0.2) is 5.96 Å². The molecule has 25 heavy (non-hydrogen) atoms. The number of benzene rings is 1. The molecule has 1 aromatic carbocycles. The fourth-order valence-corrected chi connectivity index (χ4v) is 2.75. The van der Waals surface area contributed by atoms with Gasteiger partial charge in [0.1, 0.15) is 5.76 Å². The third-order valence-corrected chi connectivity index (χ3v) is 4.27. The number of hydrogen-bond donors (Lipinski definition) is 1. The summed E-state index contributed by atoms with van der Waals surface area (Å²) in [7, 11) is 6.17. The second kappa shape index (κ2) is 9.28. The zero-order chi connectivity index (χ0) is 18.2. The van der Waals surface area contributed by atoms with Crippen LogP contribution in [0.15, 0.2) is 52.1 Å². The Bertz CT molecular complexity index is 664. The lowest BCUT2D eigenvalue weighted by Gasteiger charge is -2.25. The summed E-state index contributed by atoms with van der Waals surface area (Å²) in [4.78, 5) is 9.15. The van der Waals surface area contributed by atoms with Gasteiger partial charge in [0.05, 0.1) is 18.8 Å². The zero-order valence-corrected chi connectivity index (χ0v) is 16.0. The van der Waals surface area contributed by atoms with Crippen LogP contribution in [0.3, 0.4) is 0 Å². The first-order chi connectivity index (χ1) is 12.0. The van der Waals surface area contributed by atoms with E-state index in [2.05, 4.69) is 60.3 Å². The minimum absolute atomic E-state index is 0.121. The molecule has 0 bridgehead atoms. The Morgan fingerprint density at radius 1 is 1.16 bits per heavy atom. The molecule has 136 valence electrons. The molecule has 2 rings (SSSR count). The van der Waals surface area contributed by atoms with Crippen LogP contribution >= 0.6 is 0 Å². The largest absolute Gasteiger partial charge is 0.468 e. The lowest BCUT2D eigenvalue weighted by molar-refractivity contribution is 0.264. The predicted octanol–water partition coefficient (Wildman–Crippen LogP) is 3.29. The van der Waals surface area contributed by atoms with Gasteiger partial charge in [-0.05, 0) is 51.2 Å². The van der Waals surface area contributed by atoms with Crippen LogP contribution in [0.1, 0.15) is 29.9 Å². The van der Waals surface area contributed by atoms with E-state index in [0.717, 1.165) is 24.8 Å². The molecular weight excluding hydrogens is 312 g/mol. The maximum absolute atomic E-state index is 5.58. The summed E-state index contributed by atoms with van der Waals surface area (Å²) >= 11 is 0. The van der Waals surface area contributed by atoms with Gasteiger partial charge >= 0.3 is 0 Å². The number of rotatable bonds is 7. The standard InChI is InChI=1S/C20H30N4O/c1-6-21-20(24(5)15-17-11-8-7-10-16(17)2)22-14-18(23(3)4)19-12-9-13-25-19/h7-13,18H,6,14-15H2,1-5H3,(H,21,22). The van der Waals surface area contributed by atoms with Crippen LogP contribution in [-0.2, 0) is 6.54 Å². The molecule has 1 aromatic heterocycles. The van der Waals surface area contributed by atoms with Crippen LogP contribution in [0.4, 0.5) is 0 Å². The highest BCUT2D eigenvalue weighted by Crippen LogP contribution is 2.19. The number of likely N-dealkylation sites (N-methyl/N-ethyl adjacent to an activating group) is 1. The summed E-state index contributed by atoms with van der Waals surface area (Å²) in [5.74, 6) is 1.84. The number of furan rings is 1. The van der Waals surface area contributed by atoms with E-state index >= 15 is 0 Å². The molecule has 1 atom stereocenters. The van der Waals surface area contributed by atoms with Gasteiger partial charge < -0.3 is 14.6 Å². The van der Waals surface area contributed by atoms with Gasteiger partial charge in [0, 0.05) is 20.1 Å². The minimum Gasteiger partial charge on any atom is -0.468 e. The maximum atomic E-state index is 5.58. The molecule has 0 amide bonds. The Morgan fingerprint density at radius 3 is 2.52 bits per heavy atom. The van der Waals surface area contributed by atoms with Crippen molar-refractivity contribution in [1.29, 1.82) is 0 Å². The molecule has 0 fully saturated rings. The van der Waals surface area contributed by atoms with Crippen molar-refractivity contribution in [2.24, 2.45) is 4.99 Å². The number of nitrogens with one attached hydrogen (secondary N) is 1. The summed E-state index contributed by atoms with van der Waals surface area (Å²) in [6.45, 7) is 6.54. The Labute approximate surface area is 151 Å². The molecule has 2 aromatic rings. The summed E-state index contributed by atoms with van der Waals surface area (Å²) < 4.78 is 5.58.